The van der Waals surface area contributed by atoms with Gasteiger partial charge < -0.3 is 14.6 Å². The van der Waals surface area contributed by atoms with Crippen LogP contribution < -0.4 is 15.0 Å². The summed E-state index contributed by atoms with van der Waals surface area (Å²) >= 11 is 1.62. The van der Waals surface area contributed by atoms with Crippen LogP contribution in [0.4, 0.5) is 5.69 Å². The summed E-state index contributed by atoms with van der Waals surface area (Å²) < 4.78 is 8.50. The minimum Gasteiger partial charge on any atom is -0.497 e. The summed E-state index contributed by atoms with van der Waals surface area (Å²) in [5.41, 5.74) is 1.24. The zero-order valence-electron chi connectivity index (χ0n) is 19.3. The normalized spacial score (nSPS) is 22.0. The number of ether oxygens (including phenoxy) is 1. The van der Waals surface area contributed by atoms with Crippen molar-refractivity contribution in [3.63, 3.8) is 0 Å². The van der Waals surface area contributed by atoms with Gasteiger partial charge in [-0.25, -0.2) is 0 Å². The molecule has 2 aromatic heterocycles. The van der Waals surface area contributed by atoms with E-state index in [2.05, 4.69) is 5.32 Å². The van der Waals surface area contributed by atoms with Crippen LogP contribution in [0.3, 0.4) is 0 Å². The van der Waals surface area contributed by atoms with Crippen LogP contribution in [-0.4, -0.2) is 35.1 Å². The van der Waals surface area contributed by atoms with E-state index in [4.69, 9.17) is 4.74 Å². The number of aromatic nitrogens is 1. The van der Waals surface area contributed by atoms with Crippen molar-refractivity contribution in [3.05, 3.63) is 47.5 Å². The molecule has 1 N–H and O–H groups in total. The first-order chi connectivity index (χ1) is 16.0. The molecule has 5 rings (SSSR count). The van der Waals surface area contributed by atoms with Gasteiger partial charge in [-0.05, 0) is 49.4 Å². The number of thiophene rings is 1. The molecule has 3 heterocycles. The smallest absolute Gasteiger partial charge is 0.275 e. The molecule has 3 aromatic rings. The maximum Gasteiger partial charge on any atom is 0.275 e. The van der Waals surface area contributed by atoms with Crippen molar-refractivity contribution < 1.29 is 14.3 Å². The molecular weight excluding hydrogens is 434 g/mol. The molecular formula is C26H31N3O3S. The van der Waals surface area contributed by atoms with Crippen molar-refractivity contribution >= 4 is 39.1 Å². The van der Waals surface area contributed by atoms with E-state index in [1.165, 1.54) is 19.3 Å². The standard InChI is InChI=1S/C26H31N3O3S/c1-26(25(31)27-18-9-6-4-3-5-7-10-18)17-28-21-13-14-33-23(21)16-22(28)24(30)29(26)19-11-8-12-20(15-19)32-2/h8,11-16,18H,3-7,9-10,17H2,1-2H3,(H,27,31)/t26-/m1/s1. The van der Waals surface area contributed by atoms with Crippen LogP contribution in [0.15, 0.2) is 41.8 Å². The van der Waals surface area contributed by atoms with E-state index in [-0.39, 0.29) is 17.9 Å². The lowest BCUT2D eigenvalue weighted by atomic mass is 9.91. The van der Waals surface area contributed by atoms with Crippen LogP contribution in [-0.2, 0) is 11.3 Å². The number of carbonyl (C=O) groups is 2. The quantitative estimate of drug-likeness (QED) is 0.564. The number of nitrogens with one attached hydrogen (secondary N) is 1. The van der Waals surface area contributed by atoms with Crippen molar-refractivity contribution in [1.82, 2.24) is 9.88 Å². The summed E-state index contributed by atoms with van der Waals surface area (Å²) in [4.78, 5) is 29.5. The van der Waals surface area contributed by atoms with Crippen molar-refractivity contribution in [2.45, 2.75) is 70.0 Å². The Morgan fingerprint density at radius 3 is 2.64 bits per heavy atom. The van der Waals surface area contributed by atoms with E-state index in [1.54, 1.807) is 23.3 Å². The Kier molecular flexibility index (Phi) is 5.91. The highest BCUT2D eigenvalue weighted by Gasteiger charge is 2.49. The molecule has 0 radical (unpaired) electrons. The maximum absolute atomic E-state index is 13.9. The fraction of sp³-hybridized carbons (Fsp3) is 0.462. The molecule has 1 atom stereocenters. The van der Waals surface area contributed by atoms with Gasteiger partial charge in [-0.3, -0.25) is 14.5 Å². The molecule has 0 saturated heterocycles. The van der Waals surface area contributed by atoms with Gasteiger partial charge in [-0.2, -0.15) is 0 Å². The second-order valence-electron chi connectivity index (χ2n) is 9.42. The van der Waals surface area contributed by atoms with Gasteiger partial charge in [-0.15, -0.1) is 11.3 Å². The summed E-state index contributed by atoms with van der Waals surface area (Å²) in [5.74, 6) is 0.408. The predicted octanol–water partition coefficient (Wildman–Crippen LogP) is 5.36. The molecule has 2 aliphatic rings. The summed E-state index contributed by atoms with van der Waals surface area (Å²) in [6, 6.07) is 11.6. The SMILES string of the molecule is COc1cccc(N2C(=O)c3cc4sccc4n3C[C@]2(C)C(=O)NC2CCCCCCC2)c1. The summed E-state index contributed by atoms with van der Waals surface area (Å²) in [7, 11) is 1.61. The van der Waals surface area contributed by atoms with Crippen molar-refractivity contribution in [2.24, 2.45) is 0 Å². The molecule has 0 spiro atoms. The van der Waals surface area contributed by atoms with E-state index in [9.17, 15) is 9.59 Å². The molecule has 33 heavy (non-hydrogen) atoms. The van der Waals surface area contributed by atoms with E-state index in [0.717, 1.165) is 35.9 Å². The first-order valence-electron chi connectivity index (χ1n) is 11.9. The Morgan fingerprint density at radius 1 is 1.12 bits per heavy atom. The Hall–Kier alpha value is -2.80. The van der Waals surface area contributed by atoms with Gasteiger partial charge >= 0.3 is 0 Å². The van der Waals surface area contributed by atoms with Crippen LogP contribution in [0.1, 0.15) is 62.4 Å². The molecule has 2 amide bonds. The zero-order valence-corrected chi connectivity index (χ0v) is 20.1. The Morgan fingerprint density at radius 2 is 1.88 bits per heavy atom. The first kappa shape index (κ1) is 22.0. The number of nitrogens with zero attached hydrogens (tertiary/aromatic N) is 2. The lowest BCUT2D eigenvalue weighted by Crippen LogP contribution is -2.65. The van der Waals surface area contributed by atoms with E-state index in [0.29, 0.717) is 23.7 Å². The Bertz CT molecular complexity index is 1170. The number of methoxy groups -OCH3 is 1. The monoisotopic (exact) mass is 465 g/mol. The molecule has 174 valence electrons. The molecule has 1 aliphatic carbocycles. The molecule has 0 bridgehead atoms. The number of amides is 2. The van der Waals surface area contributed by atoms with Crippen LogP contribution in [0.2, 0.25) is 0 Å². The third-order valence-electron chi connectivity index (χ3n) is 7.15. The highest BCUT2D eigenvalue weighted by molar-refractivity contribution is 7.17. The average Bonchev–Trinajstić information content (AvgIpc) is 3.38. The number of fused-ring (bicyclic) bond motifs is 3. The van der Waals surface area contributed by atoms with Crippen LogP contribution in [0, 0.1) is 0 Å². The van der Waals surface area contributed by atoms with Crippen LogP contribution >= 0.6 is 11.3 Å². The maximum atomic E-state index is 13.9. The fourth-order valence-electron chi connectivity index (χ4n) is 5.31. The van der Waals surface area contributed by atoms with Gasteiger partial charge in [0.1, 0.15) is 17.0 Å². The number of carbonyl (C=O) groups excluding carboxylic acids is 2. The van der Waals surface area contributed by atoms with E-state index >= 15 is 0 Å². The second-order valence-corrected chi connectivity index (χ2v) is 10.4. The predicted molar refractivity (Wildman–Crippen MR) is 132 cm³/mol. The van der Waals surface area contributed by atoms with Crippen molar-refractivity contribution in [1.29, 1.82) is 0 Å². The Labute approximate surface area is 198 Å². The zero-order chi connectivity index (χ0) is 23.0. The topological polar surface area (TPSA) is 63.6 Å². The van der Waals surface area contributed by atoms with Gasteiger partial charge in [0.05, 0.1) is 23.9 Å². The minimum atomic E-state index is -1.06. The van der Waals surface area contributed by atoms with Gasteiger partial charge in [0, 0.05) is 17.8 Å². The molecule has 1 saturated carbocycles. The molecule has 7 heteroatoms. The second kappa shape index (κ2) is 8.86. The van der Waals surface area contributed by atoms with Gasteiger partial charge in [-0.1, -0.05) is 38.2 Å². The van der Waals surface area contributed by atoms with Gasteiger partial charge in [0.15, 0.2) is 0 Å². The van der Waals surface area contributed by atoms with E-state index < -0.39 is 5.54 Å². The lowest BCUT2D eigenvalue weighted by molar-refractivity contribution is -0.127. The van der Waals surface area contributed by atoms with Gasteiger partial charge in [0.25, 0.3) is 5.91 Å². The van der Waals surface area contributed by atoms with E-state index in [1.807, 2.05) is 53.3 Å². The Balaban J connectivity index is 1.55. The first-order valence-corrected chi connectivity index (χ1v) is 12.8. The van der Waals surface area contributed by atoms with Crippen molar-refractivity contribution in [3.8, 4) is 5.75 Å². The minimum absolute atomic E-state index is 0.0908. The number of anilines is 1. The largest absolute Gasteiger partial charge is 0.497 e. The molecule has 1 fully saturated rings. The highest BCUT2D eigenvalue weighted by Crippen LogP contribution is 2.38. The number of benzene rings is 1. The number of hydrogen-bond donors (Lipinski definition) is 1. The molecule has 6 nitrogen and oxygen atoms in total. The molecule has 0 unspecified atom stereocenters. The lowest BCUT2D eigenvalue weighted by Gasteiger charge is -2.44. The highest BCUT2D eigenvalue weighted by atomic mass is 32.1. The van der Waals surface area contributed by atoms with Crippen LogP contribution in [0.5, 0.6) is 5.75 Å². The molecule has 1 aromatic carbocycles. The fourth-order valence-corrected chi connectivity index (χ4v) is 6.13. The summed E-state index contributed by atoms with van der Waals surface area (Å²) in [6.45, 7) is 2.30. The molecule has 1 aliphatic heterocycles. The number of rotatable bonds is 4. The van der Waals surface area contributed by atoms with Crippen molar-refractivity contribution in [2.75, 3.05) is 12.0 Å². The summed E-state index contributed by atoms with van der Waals surface area (Å²) in [5, 5.41) is 5.37. The number of hydrogen-bond acceptors (Lipinski definition) is 4. The van der Waals surface area contributed by atoms with Gasteiger partial charge in [0.2, 0.25) is 5.91 Å². The average molecular weight is 466 g/mol. The third kappa shape index (κ3) is 3.92. The van der Waals surface area contributed by atoms with Crippen LogP contribution in [0.25, 0.3) is 10.2 Å². The third-order valence-corrected chi connectivity index (χ3v) is 8.00. The summed E-state index contributed by atoms with van der Waals surface area (Å²) in [6.07, 6.45) is 8.00.